The molecule has 2 heterocycles. The zero-order valence-electron chi connectivity index (χ0n) is 11.9. The molecule has 108 valence electrons. The van der Waals surface area contributed by atoms with E-state index in [0.717, 1.165) is 26.1 Å². The molecule has 0 amide bonds. The zero-order chi connectivity index (χ0) is 13.9. The highest BCUT2D eigenvalue weighted by atomic mass is 32.1. The molecule has 0 radical (unpaired) electrons. The number of nitrogens with zero attached hydrogens (tertiary/aromatic N) is 1. The summed E-state index contributed by atoms with van der Waals surface area (Å²) in [6.07, 6.45) is 1.42. The van der Waals surface area contributed by atoms with Crippen LogP contribution in [0.1, 0.15) is 24.9 Å². The maximum absolute atomic E-state index is 6.09. The van der Waals surface area contributed by atoms with Gasteiger partial charge >= 0.3 is 0 Å². The van der Waals surface area contributed by atoms with Gasteiger partial charge in [0.05, 0.1) is 12.7 Å². The number of benzene rings is 1. The predicted molar refractivity (Wildman–Crippen MR) is 85.2 cm³/mol. The summed E-state index contributed by atoms with van der Waals surface area (Å²) in [5.41, 5.74) is 7.47. The molecule has 2 N–H and O–H groups in total. The van der Waals surface area contributed by atoms with Crippen LogP contribution in [0.15, 0.2) is 29.6 Å². The second-order valence-electron chi connectivity index (χ2n) is 5.33. The molecular formula is C16H22N2OS. The Labute approximate surface area is 124 Å². The Morgan fingerprint density at radius 1 is 1.45 bits per heavy atom. The van der Waals surface area contributed by atoms with Crippen molar-refractivity contribution in [1.29, 1.82) is 0 Å². The Balaban J connectivity index is 1.89. The van der Waals surface area contributed by atoms with Gasteiger partial charge in [0.2, 0.25) is 0 Å². The minimum atomic E-state index is 0.309. The van der Waals surface area contributed by atoms with Crippen molar-refractivity contribution >= 4 is 21.4 Å². The number of ether oxygens (including phenoxy) is 1. The average Bonchev–Trinajstić information content (AvgIpc) is 2.93. The molecule has 2 aromatic rings. The van der Waals surface area contributed by atoms with Crippen LogP contribution in [0.4, 0.5) is 0 Å². The molecule has 1 aliphatic rings. The molecule has 0 saturated carbocycles. The lowest BCUT2D eigenvalue weighted by atomic mass is 10.0. The lowest BCUT2D eigenvalue weighted by molar-refractivity contribution is -0.0435. The van der Waals surface area contributed by atoms with Crippen LogP contribution < -0.4 is 5.73 Å². The van der Waals surface area contributed by atoms with Gasteiger partial charge in [0, 0.05) is 30.4 Å². The van der Waals surface area contributed by atoms with E-state index in [1.165, 1.54) is 15.6 Å². The third-order valence-corrected chi connectivity index (χ3v) is 5.14. The number of thiophene rings is 1. The molecule has 2 unspecified atom stereocenters. The summed E-state index contributed by atoms with van der Waals surface area (Å²) in [6, 6.07) is 8.92. The molecule has 2 atom stereocenters. The summed E-state index contributed by atoms with van der Waals surface area (Å²) in [6.45, 7) is 5.63. The minimum Gasteiger partial charge on any atom is -0.376 e. The monoisotopic (exact) mass is 290 g/mol. The van der Waals surface area contributed by atoms with E-state index in [2.05, 4.69) is 41.5 Å². The number of rotatable bonds is 4. The molecule has 4 heteroatoms. The summed E-state index contributed by atoms with van der Waals surface area (Å²) in [5.74, 6) is 0. The summed E-state index contributed by atoms with van der Waals surface area (Å²) >= 11 is 1.81. The second kappa shape index (κ2) is 6.22. The van der Waals surface area contributed by atoms with Crippen molar-refractivity contribution in [3.63, 3.8) is 0 Å². The predicted octanol–water partition coefficient (Wildman–Crippen LogP) is 3.01. The van der Waals surface area contributed by atoms with Crippen molar-refractivity contribution in [2.24, 2.45) is 5.73 Å². The van der Waals surface area contributed by atoms with E-state index in [9.17, 15) is 0 Å². The first-order valence-electron chi connectivity index (χ1n) is 7.35. The van der Waals surface area contributed by atoms with E-state index < -0.39 is 0 Å². The Hall–Kier alpha value is -0.940. The second-order valence-corrected chi connectivity index (χ2v) is 6.25. The lowest BCUT2D eigenvalue weighted by Crippen LogP contribution is -2.45. The van der Waals surface area contributed by atoms with E-state index in [1.54, 1.807) is 0 Å². The van der Waals surface area contributed by atoms with Crippen molar-refractivity contribution in [3.05, 3.63) is 35.2 Å². The van der Waals surface area contributed by atoms with Gasteiger partial charge in [-0.25, -0.2) is 0 Å². The highest BCUT2D eigenvalue weighted by Crippen LogP contribution is 2.33. The molecular weight excluding hydrogens is 268 g/mol. The molecule has 0 bridgehead atoms. The topological polar surface area (TPSA) is 38.5 Å². The van der Waals surface area contributed by atoms with E-state index in [1.807, 2.05) is 11.3 Å². The van der Waals surface area contributed by atoms with Gasteiger partial charge in [-0.05, 0) is 28.8 Å². The highest BCUT2D eigenvalue weighted by molar-refractivity contribution is 7.17. The third-order valence-electron chi connectivity index (χ3n) is 4.16. The molecule has 3 nitrogen and oxygen atoms in total. The van der Waals surface area contributed by atoms with Crippen LogP contribution in [-0.4, -0.2) is 37.2 Å². The van der Waals surface area contributed by atoms with Crippen molar-refractivity contribution in [3.8, 4) is 0 Å². The molecule has 1 aromatic carbocycles. The normalized spacial score (nSPS) is 22.2. The summed E-state index contributed by atoms with van der Waals surface area (Å²) < 4.78 is 7.13. The SMILES string of the molecule is CCC1CN(C(CN)c2csc3ccccc23)CCO1. The van der Waals surface area contributed by atoms with Crippen LogP contribution in [0.25, 0.3) is 10.1 Å². The van der Waals surface area contributed by atoms with E-state index >= 15 is 0 Å². The van der Waals surface area contributed by atoms with Crippen molar-refractivity contribution in [1.82, 2.24) is 4.90 Å². The van der Waals surface area contributed by atoms with Crippen LogP contribution in [-0.2, 0) is 4.74 Å². The standard InChI is InChI=1S/C16H22N2OS/c1-2-12-10-18(7-8-19-12)15(9-17)14-11-20-16-6-4-3-5-13(14)16/h3-6,11-12,15H,2,7-10,17H2,1H3. The molecule has 1 aromatic heterocycles. The quantitative estimate of drug-likeness (QED) is 0.940. The summed E-state index contributed by atoms with van der Waals surface area (Å²) in [4.78, 5) is 2.49. The summed E-state index contributed by atoms with van der Waals surface area (Å²) in [5, 5.41) is 3.63. The molecule has 20 heavy (non-hydrogen) atoms. The van der Waals surface area contributed by atoms with Crippen molar-refractivity contribution in [2.45, 2.75) is 25.5 Å². The smallest absolute Gasteiger partial charge is 0.0700 e. The Morgan fingerprint density at radius 2 is 2.30 bits per heavy atom. The van der Waals surface area contributed by atoms with Crippen LogP contribution in [0.5, 0.6) is 0 Å². The third kappa shape index (κ3) is 2.61. The van der Waals surface area contributed by atoms with Crippen LogP contribution in [0.2, 0.25) is 0 Å². The van der Waals surface area contributed by atoms with E-state index in [-0.39, 0.29) is 0 Å². The fraction of sp³-hybridized carbons (Fsp3) is 0.500. The van der Waals surface area contributed by atoms with Crippen molar-refractivity contribution in [2.75, 3.05) is 26.2 Å². The largest absolute Gasteiger partial charge is 0.376 e. The highest BCUT2D eigenvalue weighted by Gasteiger charge is 2.27. The van der Waals surface area contributed by atoms with Crippen LogP contribution in [0, 0.1) is 0 Å². The molecule has 1 aliphatic heterocycles. The Bertz CT molecular complexity index is 568. The molecule has 1 fully saturated rings. The van der Waals surface area contributed by atoms with Gasteiger partial charge in [-0.15, -0.1) is 11.3 Å². The molecule has 1 saturated heterocycles. The van der Waals surface area contributed by atoms with E-state index in [4.69, 9.17) is 10.5 Å². The fourth-order valence-electron chi connectivity index (χ4n) is 3.00. The number of hydrogen-bond donors (Lipinski definition) is 1. The number of fused-ring (bicyclic) bond motifs is 1. The summed E-state index contributed by atoms with van der Waals surface area (Å²) in [7, 11) is 0. The minimum absolute atomic E-state index is 0.309. The number of hydrogen-bond acceptors (Lipinski definition) is 4. The molecule has 0 aliphatic carbocycles. The van der Waals surface area contributed by atoms with Crippen molar-refractivity contribution < 1.29 is 4.74 Å². The first-order chi connectivity index (χ1) is 9.83. The first-order valence-corrected chi connectivity index (χ1v) is 8.23. The Kier molecular flexibility index (Phi) is 4.36. The average molecular weight is 290 g/mol. The Morgan fingerprint density at radius 3 is 3.10 bits per heavy atom. The van der Waals surface area contributed by atoms with Gasteiger partial charge in [-0.2, -0.15) is 0 Å². The van der Waals surface area contributed by atoms with Gasteiger partial charge in [0.1, 0.15) is 0 Å². The van der Waals surface area contributed by atoms with Crippen LogP contribution >= 0.6 is 11.3 Å². The fourth-order valence-corrected chi connectivity index (χ4v) is 4.01. The zero-order valence-corrected chi connectivity index (χ0v) is 12.7. The lowest BCUT2D eigenvalue weighted by Gasteiger charge is -2.37. The van der Waals surface area contributed by atoms with E-state index in [0.29, 0.717) is 18.7 Å². The van der Waals surface area contributed by atoms with Gasteiger partial charge in [0.15, 0.2) is 0 Å². The first kappa shape index (κ1) is 14.0. The van der Waals surface area contributed by atoms with Gasteiger partial charge in [0.25, 0.3) is 0 Å². The van der Waals surface area contributed by atoms with Gasteiger partial charge < -0.3 is 10.5 Å². The maximum atomic E-state index is 6.09. The molecule has 0 spiro atoms. The molecule has 3 rings (SSSR count). The van der Waals surface area contributed by atoms with Crippen LogP contribution in [0.3, 0.4) is 0 Å². The maximum Gasteiger partial charge on any atom is 0.0700 e. The van der Waals surface area contributed by atoms with Gasteiger partial charge in [-0.3, -0.25) is 4.90 Å². The number of nitrogens with two attached hydrogens (primary N) is 1. The van der Waals surface area contributed by atoms with Gasteiger partial charge in [-0.1, -0.05) is 25.1 Å². The number of morpholine rings is 1.